The van der Waals surface area contributed by atoms with E-state index < -0.39 is 0 Å². The maximum Gasteiger partial charge on any atom is 0.244 e. The van der Waals surface area contributed by atoms with Gasteiger partial charge in [0.25, 0.3) is 0 Å². The molecule has 0 aliphatic rings. The molecule has 0 aliphatic heterocycles. The molecule has 0 bridgehead atoms. The molecule has 0 saturated carbocycles. The molecular weight excluding hydrogens is 133 g/mol. The second kappa shape index (κ2) is 6.26. The number of carbonyl (C=O) groups is 1. The summed E-state index contributed by atoms with van der Waals surface area (Å²) in [6.07, 6.45) is 2.82. The highest BCUT2D eigenvalue weighted by molar-refractivity contribution is 5.91. The normalized spacial score (nSPS) is 8.10. The summed E-state index contributed by atoms with van der Waals surface area (Å²) in [7, 11) is 0. The van der Waals surface area contributed by atoms with Gasteiger partial charge in [0.05, 0.1) is 0 Å². The molecule has 0 spiro atoms. The molecule has 2 N–H and O–H groups in total. The van der Waals surface area contributed by atoms with Crippen LogP contribution in [-0.2, 0) is 4.79 Å². The van der Waals surface area contributed by atoms with Gasteiger partial charge in [-0.15, -0.1) is 0 Å². The molecular formula is C7H14FNO. The third-order valence-corrected chi connectivity index (χ3v) is 1.18. The first-order valence-corrected chi connectivity index (χ1v) is 3.16. The van der Waals surface area contributed by atoms with Gasteiger partial charge in [-0.05, 0) is 12.8 Å². The molecule has 0 aromatic heterocycles. The minimum Gasteiger partial charge on any atom is -0.366 e. The zero-order chi connectivity index (χ0) is 7.28. The quantitative estimate of drug-likeness (QED) is 0.599. The number of hydrogen-bond acceptors (Lipinski definition) is 1. The van der Waals surface area contributed by atoms with Crippen molar-refractivity contribution in [1.82, 2.24) is 0 Å². The number of unbranched alkanes of at least 4 members (excludes halogenated alkanes) is 1. The van der Waals surface area contributed by atoms with Crippen molar-refractivity contribution in [3.05, 3.63) is 12.2 Å². The molecule has 0 fully saturated rings. The van der Waals surface area contributed by atoms with E-state index in [9.17, 15) is 4.79 Å². The third-order valence-electron chi connectivity index (χ3n) is 1.18. The van der Waals surface area contributed by atoms with Gasteiger partial charge in [0.15, 0.2) is 0 Å². The fourth-order valence-electron chi connectivity index (χ4n) is 0.513. The Morgan fingerprint density at radius 2 is 2.10 bits per heavy atom. The topological polar surface area (TPSA) is 43.1 Å². The number of nitrogens with two attached hydrogens (primary N) is 1. The number of primary amides is 1. The van der Waals surface area contributed by atoms with Crippen LogP contribution in [-0.4, -0.2) is 5.91 Å². The van der Waals surface area contributed by atoms with Crippen molar-refractivity contribution in [1.29, 1.82) is 0 Å². The average Bonchev–Trinajstić information content (AvgIpc) is 1.82. The van der Waals surface area contributed by atoms with Crippen molar-refractivity contribution >= 4 is 5.91 Å². The fraction of sp³-hybridized carbons (Fsp3) is 0.571. The van der Waals surface area contributed by atoms with Gasteiger partial charge < -0.3 is 5.73 Å². The molecule has 0 saturated heterocycles. The van der Waals surface area contributed by atoms with Crippen LogP contribution in [0.1, 0.15) is 26.2 Å². The molecule has 0 rings (SSSR count). The zero-order valence-electron chi connectivity index (χ0n) is 6.22. The van der Waals surface area contributed by atoms with E-state index in [1.807, 2.05) is 0 Å². The summed E-state index contributed by atoms with van der Waals surface area (Å²) in [6.45, 7) is 5.58. The smallest absolute Gasteiger partial charge is 0.244 e. The van der Waals surface area contributed by atoms with E-state index >= 15 is 0 Å². The predicted octanol–water partition coefficient (Wildman–Crippen LogP) is 1.37. The van der Waals surface area contributed by atoms with Gasteiger partial charge in [0.1, 0.15) is 0 Å². The molecule has 0 heterocycles. The Labute approximate surface area is 60.5 Å². The summed E-state index contributed by atoms with van der Waals surface area (Å²) < 4.78 is 0. The molecule has 0 aliphatic carbocycles. The summed E-state index contributed by atoms with van der Waals surface area (Å²) in [5.41, 5.74) is 5.48. The van der Waals surface area contributed by atoms with E-state index in [0.29, 0.717) is 5.57 Å². The third kappa shape index (κ3) is 5.28. The van der Waals surface area contributed by atoms with Crippen LogP contribution in [0.15, 0.2) is 12.2 Å². The van der Waals surface area contributed by atoms with Crippen molar-refractivity contribution in [2.45, 2.75) is 26.2 Å². The Morgan fingerprint density at radius 1 is 1.60 bits per heavy atom. The van der Waals surface area contributed by atoms with Crippen LogP contribution < -0.4 is 5.73 Å². The zero-order valence-corrected chi connectivity index (χ0v) is 6.22. The highest BCUT2D eigenvalue weighted by atomic mass is 19.0. The van der Waals surface area contributed by atoms with Crippen LogP contribution in [0, 0.1) is 0 Å². The molecule has 0 aromatic rings. The predicted molar refractivity (Wildman–Crippen MR) is 40.4 cm³/mol. The van der Waals surface area contributed by atoms with E-state index in [0.717, 1.165) is 19.3 Å². The van der Waals surface area contributed by atoms with Gasteiger partial charge >= 0.3 is 0 Å². The van der Waals surface area contributed by atoms with Crippen molar-refractivity contribution in [2.75, 3.05) is 0 Å². The standard InChI is InChI=1S/C7H13NO.FH/c1-3-4-5-6(2)7(8)9;/h2-5H2,1H3,(H2,8,9);1H. The lowest BCUT2D eigenvalue weighted by Gasteiger charge is -1.96. The minimum absolute atomic E-state index is 0. The van der Waals surface area contributed by atoms with Crippen LogP contribution in [0.3, 0.4) is 0 Å². The summed E-state index contributed by atoms with van der Waals surface area (Å²) in [5, 5.41) is 0. The summed E-state index contributed by atoms with van der Waals surface area (Å²) in [6, 6.07) is 0. The number of halogens is 1. The van der Waals surface area contributed by atoms with Crippen molar-refractivity contribution < 1.29 is 9.50 Å². The summed E-state index contributed by atoms with van der Waals surface area (Å²) in [4.78, 5) is 10.3. The Kier molecular flexibility index (Phi) is 7.44. The highest BCUT2D eigenvalue weighted by Crippen LogP contribution is 2.02. The van der Waals surface area contributed by atoms with Gasteiger partial charge in [0, 0.05) is 5.57 Å². The second-order valence-electron chi connectivity index (χ2n) is 2.07. The highest BCUT2D eigenvalue weighted by Gasteiger charge is 1.98. The van der Waals surface area contributed by atoms with E-state index in [1.54, 1.807) is 0 Å². The lowest BCUT2D eigenvalue weighted by Crippen LogP contribution is -2.12. The lowest BCUT2D eigenvalue weighted by molar-refractivity contribution is -0.114. The van der Waals surface area contributed by atoms with E-state index in [2.05, 4.69) is 13.5 Å². The maximum atomic E-state index is 10.3. The van der Waals surface area contributed by atoms with Crippen molar-refractivity contribution in [3.8, 4) is 0 Å². The van der Waals surface area contributed by atoms with Crippen LogP contribution in [0.2, 0.25) is 0 Å². The molecule has 3 heteroatoms. The van der Waals surface area contributed by atoms with Crippen molar-refractivity contribution in [2.24, 2.45) is 5.73 Å². The lowest BCUT2D eigenvalue weighted by atomic mass is 10.1. The maximum absolute atomic E-state index is 10.3. The van der Waals surface area contributed by atoms with Crippen LogP contribution in [0.4, 0.5) is 4.70 Å². The largest absolute Gasteiger partial charge is 0.366 e. The fourth-order valence-corrected chi connectivity index (χ4v) is 0.513. The van der Waals surface area contributed by atoms with E-state index in [4.69, 9.17) is 5.73 Å². The Hall–Kier alpha value is -0.860. The number of amides is 1. The second-order valence-corrected chi connectivity index (χ2v) is 2.07. The number of rotatable bonds is 4. The van der Waals surface area contributed by atoms with Crippen LogP contribution in [0.5, 0.6) is 0 Å². The first-order chi connectivity index (χ1) is 4.18. The molecule has 0 aromatic carbocycles. The molecule has 0 radical (unpaired) electrons. The summed E-state index contributed by atoms with van der Waals surface area (Å²) in [5.74, 6) is -0.372. The SMILES string of the molecule is C=C(CCCC)C(N)=O.F. The van der Waals surface area contributed by atoms with Crippen LogP contribution in [0.25, 0.3) is 0 Å². The molecule has 0 unspecified atom stereocenters. The molecule has 1 amide bonds. The Bertz CT molecular complexity index is 123. The monoisotopic (exact) mass is 147 g/mol. The minimum atomic E-state index is -0.372. The molecule has 10 heavy (non-hydrogen) atoms. The van der Waals surface area contributed by atoms with Gasteiger partial charge in [0.2, 0.25) is 5.91 Å². The number of carbonyl (C=O) groups excluding carboxylic acids is 1. The first-order valence-electron chi connectivity index (χ1n) is 3.16. The molecule has 0 atom stereocenters. The Morgan fingerprint density at radius 3 is 2.40 bits per heavy atom. The molecule has 60 valence electrons. The van der Waals surface area contributed by atoms with Crippen LogP contribution >= 0.6 is 0 Å². The van der Waals surface area contributed by atoms with E-state index in [1.165, 1.54) is 0 Å². The van der Waals surface area contributed by atoms with Gasteiger partial charge in [-0.3, -0.25) is 9.50 Å². The first kappa shape index (κ1) is 11.9. The van der Waals surface area contributed by atoms with Gasteiger partial charge in [-0.25, -0.2) is 0 Å². The van der Waals surface area contributed by atoms with Crippen molar-refractivity contribution in [3.63, 3.8) is 0 Å². The van der Waals surface area contributed by atoms with Gasteiger partial charge in [-0.2, -0.15) is 0 Å². The van der Waals surface area contributed by atoms with Gasteiger partial charge in [-0.1, -0.05) is 19.9 Å². The average molecular weight is 147 g/mol. The Balaban J connectivity index is 0. The van der Waals surface area contributed by atoms with E-state index in [-0.39, 0.29) is 10.6 Å². The number of hydrogen-bond donors (Lipinski definition) is 1. The summed E-state index contributed by atoms with van der Waals surface area (Å²) >= 11 is 0. The molecule has 2 nitrogen and oxygen atoms in total.